The summed E-state index contributed by atoms with van der Waals surface area (Å²) in [5.41, 5.74) is 0.412. The molecule has 3 saturated carbocycles. The zero-order valence-electron chi connectivity index (χ0n) is 19.2. The van der Waals surface area contributed by atoms with Gasteiger partial charge in [0, 0.05) is 16.2 Å². The van der Waals surface area contributed by atoms with Gasteiger partial charge >= 0.3 is 18.0 Å². The number of hydrogen-bond donors (Lipinski definition) is 0. The van der Waals surface area contributed by atoms with Crippen molar-refractivity contribution in [1.82, 2.24) is 15.0 Å². The largest absolute Gasteiger partial charge is 0.462 e. The van der Waals surface area contributed by atoms with Crippen LogP contribution < -0.4 is 14.2 Å². The number of allylic oxidation sites excluding steroid dienone is 3. The summed E-state index contributed by atoms with van der Waals surface area (Å²) >= 11 is 0. The summed E-state index contributed by atoms with van der Waals surface area (Å²) in [4.78, 5) is 13.6. The Morgan fingerprint density at radius 3 is 1.12 bits per heavy atom. The second-order valence-electron chi connectivity index (χ2n) is 11.7. The molecule has 33 heavy (non-hydrogen) atoms. The molecule has 7 rings (SSSR count). The van der Waals surface area contributed by atoms with E-state index in [1.807, 2.05) is 0 Å². The topological polar surface area (TPSA) is 66.4 Å². The predicted octanol–water partition coefficient (Wildman–Crippen LogP) is 5.08. The molecular weight excluding hydrogens is 414 g/mol. The Morgan fingerprint density at radius 1 is 0.576 bits per heavy atom. The third-order valence-electron chi connectivity index (χ3n) is 9.25. The van der Waals surface area contributed by atoms with Crippen molar-refractivity contribution >= 4 is 0 Å². The third kappa shape index (κ3) is 3.66. The van der Waals surface area contributed by atoms with Crippen molar-refractivity contribution in [3.8, 4) is 18.0 Å². The summed E-state index contributed by atoms with van der Waals surface area (Å²) in [6.45, 7) is 1.81. The van der Waals surface area contributed by atoms with Crippen molar-refractivity contribution in [2.45, 2.75) is 57.8 Å². The highest BCUT2D eigenvalue weighted by molar-refractivity contribution is 5.19. The van der Waals surface area contributed by atoms with Crippen LogP contribution in [0.4, 0.5) is 0 Å². The summed E-state index contributed by atoms with van der Waals surface area (Å²) in [7, 11) is 0. The van der Waals surface area contributed by atoms with E-state index in [0.717, 1.165) is 0 Å². The number of fused-ring (bicyclic) bond motifs is 6. The highest BCUT2D eigenvalue weighted by atomic mass is 16.5. The van der Waals surface area contributed by atoms with Gasteiger partial charge in [-0.2, -0.15) is 0 Å². The van der Waals surface area contributed by atoms with Gasteiger partial charge in [-0.15, -0.1) is 15.0 Å². The number of rotatable bonds is 9. The average molecular weight is 448 g/mol. The Bertz CT molecular complexity index is 897. The van der Waals surface area contributed by atoms with Crippen molar-refractivity contribution in [3.05, 3.63) is 36.5 Å². The molecule has 6 aliphatic carbocycles. The lowest BCUT2D eigenvalue weighted by Crippen LogP contribution is -2.25. The van der Waals surface area contributed by atoms with E-state index in [-0.39, 0.29) is 16.2 Å². The molecule has 6 aliphatic rings. The maximum absolute atomic E-state index is 6.15. The summed E-state index contributed by atoms with van der Waals surface area (Å²) in [6.07, 6.45) is 24.9. The maximum atomic E-state index is 6.15. The van der Waals surface area contributed by atoms with Gasteiger partial charge in [-0.3, -0.25) is 0 Å². The van der Waals surface area contributed by atoms with Crippen LogP contribution in [0.3, 0.4) is 0 Å². The first kappa shape index (κ1) is 20.0. The van der Waals surface area contributed by atoms with Crippen LogP contribution in [0.5, 0.6) is 18.0 Å². The lowest BCUT2D eigenvalue weighted by Gasteiger charge is -2.25. The number of ether oxygens (including phenoxy) is 3. The Balaban J connectivity index is 1.08. The van der Waals surface area contributed by atoms with E-state index < -0.39 is 0 Å². The Morgan fingerprint density at radius 2 is 0.909 bits per heavy atom. The molecule has 1 heterocycles. The van der Waals surface area contributed by atoms with E-state index in [0.29, 0.717) is 55.6 Å². The van der Waals surface area contributed by atoms with E-state index >= 15 is 0 Å². The van der Waals surface area contributed by atoms with Gasteiger partial charge in [-0.25, -0.2) is 0 Å². The molecule has 6 bridgehead atoms. The molecule has 0 aromatic carbocycles. The molecule has 1 aromatic heterocycles. The lowest BCUT2D eigenvalue weighted by molar-refractivity contribution is 0.149. The Hall–Kier alpha value is -2.37. The second kappa shape index (κ2) is 7.31. The smallest absolute Gasteiger partial charge is 0.325 e. The van der Waals surface area contributed by atoms with Gasteiger partial charge in [0.05, 0.1) is 0 Å². The van der Waals surface area contributed by atoms with Crippen molar-refractivity contribution in [2.24, 2.45) is 34.0 Å². The van der Waals surface area contributed by atoms with Gasteiger partial charge in [-0.1, -0.05) is 36.5 Å². The lowest BCUT2D eigenvalue weighted by atomic mass is 9.89. The average Bonchev–Trinajstić information content (AvgIpc) is 3.69. The van der Waals surface area contributed by atoms with Crippen LogP contribution in [0, 0.1) is 34.0 Å². The van der Waals surface area contributed by atoms with Crippen molar-refractivity contribution in [1.29, 1.82) is 0 Å². The van der Waals surface area contributed by atoms with Crippen LogP contribution in [-0.4, -0.2) is 34.8 Å². The quantitative estimate of drug-likeness (QED) is 0.492. The van der Waals surface area contributed by atoms with Gasteiger partial charge in [0.2, 0.25) is 0 Å². The number of nitrogens with zero attached hydrogens (tertiary/aromatic N) is 3. The number of hydrogen-bond acceptors (Lipinski definition) is 6. The molecule has 6 atom stereocenters. The van der Waals surface area contributed by atoms with Crippen LogP contribution in [0.2, 0.25) is 0 Å². The highest BCUT2D eigenvalue weighted by Crippen LogP contribution is 2.51. The minimum absolute atomic E-state index is 0.137. The standard InChI is InChI=1S/C27H33N3O3/c1-7-25(8-2-19(1)13-25)16-31-22-28-23(32-17-26-9-3-20(14-26)4-10-26)30-24(29-22)33-18-27-11-5-21(15-27)6-12-27/h1,3,5,7,9,11,19-21H,2,4,6,8,10,12-18H2. The van der Waals surface area contributed by atoms with E-state index in [2.05, 4.69) is 51.4 Å². The monoisotopic (exact) mass is 447 g/mol. The fraction of sp³-hybridized carbons (Fsp3) is 0.667. The molecular formula is C27H33N3O3. The fourth-order valence-electron chi connectivity index (χ4n) is 7.24. The van der Waals surface area contributed by atoms with Crippen LogP contribution >= 0.6 is 0 Å². The van der Waals surface area contributed by atoms with Gasteiger partial charge in [-0.05, 0) is 75.5 Å². The van der Waals surface area contributed by atoms with E-state index in [4.69, 9.17) is 14.2 Å². The van der Waals surface area contributed by atoms with Gasteiger partial charge in [0.25, 0.3) is 0 Å². The summed E-state index contributed by atoms with van der Waals surface area (Å²) in [5.74, 6) is 2.15. The van der Waals surface area contributed by atoms with Crippen LogP contribution in [-0.2, 0) is 0 Å². The Labute approximate surface area is 195 Å². The predicted molar refractivity (Wildman–Crippen MR) is 123 cm³/mol. The first-order valence-corrected chi connectivity index (χ1v) is 12.8. The fourth-order valence-corrected chi connectivity index (χ4v) is 7.24. The number of aromatic nitrogens is 3. The van der Waals surface area contributed by atoms with E-state index in [1.165, 1.54) is 57.8 Å². The van der Waals surface area contributed by atoms with Crippen LogP contribution in [0.1, 0.15) is 57.8 Å². The molecule has 3 fully saturated rings. The van der Waals surface area contributed by atoms with E-state index in [1.54, 1.807) is 0 Å². The minimum Gasteiger partial charge on any atom is -0.462 e. The molecule has 0 spiro atoms. The molecule has 6 heteroatoms. The zero-order valence-corrected chi connectivity index (χ0v) is 19.2. The normalized spacial score (nSPS) is 40.9. The summed E-state index contributed by atoms with van der Waals surface area (Å²) < 4.78 is 18.5. The molecule has 0 amide bonds. The summed E-state index contributed by atoms with van der Waals surface area (Å²) in [5, 5.41) is 0. The molecule has 0 aliphatic heterocycles. The van der Waals surface area contributed by atoms with Crippen molar-refractivity contribution in [2.75, 3.05) is 19.8 Å². The molecule has 1 aromatic rings. The molecule has 0 radical (unpaired) electrons. The van der Waals surface area contributed by atoms with Gasteiger partial charge < -0.3 is 14.2 Å². The van der Waals surface area contributed by atoms with Gasteiger partial charge in [0.15, 0.2) is 0 Å². The first-order valence-electron chi connectivity index (χ1n) is 12.8. The highest BCUT2D eigenvalue weighted by Gasteiger charge is 2.43. The minimum atomic E-state index is 0.137. The maximum Gasteiger partial charge on any atom is 0.325 e. The summed E-state index contributed by atoms with van der Waals surface area (Å²) in [6, 6.07) is 0.960. The molecule has 6 unspecified atom stereocenters. The second-order valence-corrected chi connectivity index (χ2v) is 11.7. The van der Waals surface area contributed by atoms with Crippen molar-refractivity contribution < 1.29 is 14.2 Å². The zero-order chi connectivity index (χ0) is 21.9. The first-order chi connectivity index (χ1) is 16.1. The van der Waals surface area contributed by atoms with Crippen LogP contribution in [0.15, 0.2) is 36.5 Å². The van der Waals surface area contributed by atoms with Gasteiger partial charge in [0.1, 0.15) is 19.8 Å². The molecule has 0 saturated heterocycles. The third-order valence-corrected chi connectivity index (χ3v) is 9.25. The molecule has 0 N–H and O–H groups in total. The molecule has 6 nitrogen and oxygen atoms in total. The van der Waals surface area contributed by atoms with Crippen LogP contribution in [0.25, 0.3) is 0 Å². The van der Waals surface area contributed by atoms with E-state index in [9.17, 15) is 0 Å². The Kier molecular flexibility index (Phi) is 4.44. The SMILES string of the molecule is C1=CC2(COc3nc(OCC45C=CC(CC4)C5)nc(OCC45C=CC(CC4)C5)n3)CCC1C2. The van der Waals surface area contributed by atoms with Crippen molar-refractivity contribution in [3.63, 3.8) is 0 Å². The molecule has 174 valence electrons.